The fourth-order valence-corrected chi connectivity index (χ4v) is 3.50. The molecule has 106 valence electrons. The molecule has 0 radical (unpaired) electrons. The molecule has 3 rings (SSSR count). The summed E-state index contributed by atoms with van der Waals surface area (Å²) in [5.74, 6) is 1.65. The summed E-state index contributed by atoms with van der Waals surface area (Å²) in [6.07, 6.45) is 2.39. The second-order valence-electron chi connectivity index (χ2n) is 5.35. The summed E-state index contributed by atoms with van der Waals surface area (Å²) in [6, 6.07) is 8.98. The maximum Gasteiger partial charge on any atom is 0.122 e. The number of aromatic nitrogens is 1. The number of methoxy groups -OCH3 is 1. The van der Waals surface area contributed by atoms with Gasteiger partial charge in [0.2, 0.25) is 0 Å². The molecule has 3 nitrogen and oxygen atoms in total. The van der Waals surface area contributed by atoms with Crippen LogP contribution in [-0.2, 0) is 6.54 Å². The number of nitrogens with one attached hydrogen (secondary N) is 1. The Morgan fingerprint density at radius 2 is 2.15 bits per heavy atom. The fourth-order valence-electron chi connectivity index (χ4n) is 2.78. The Labute approximate surface area is 124 Å². The van der Waals surface area contributed by atoms with E-state index in [4.69, 9.17) is 4.74 Å². The van der Waals surface area contributed by atoms with Crippen molar-refractivity contribution in [2.45, 2.75) is 38.3 Å². The van der Waals surface area contributed by atoms with Crippen molar-refractivity contribution in [1.29, 1.82) is 0 Å². The molecule has 20 heavy (non-hydrogen) atoms. The summed E-state index contributed by atoms with van der Waals surface area (Å²) in [4.78, 5) is 5.64. The molecule has 0 amide bonds. The minimum atomic E-state index is 0.617. The van der Waals surface area contributed by atoms with E-state index in [9.17, 15) is 0 Å². The molecule has 0 unspecified atom stereocenters. The van der Waals surface area contributed by atoms with Crippen molar-refractivity contribution in [3.05, 3.63) is 45.9 Å². The van der Waals surface area contributed by atoms with Gasteiger partial charge in [-0.2, -0.15) is 0 Å². The van der Waals surface area contributed by atoms with Crippen LogP contribution in [-0.4, -0.2) is 18.1 Å². The van der Waals surface area contributed by atoms with E-state index in [1.165, 1.54) is 23.3 Å². The molecule has 1 saturated carbocycles. The Balaban J connectivity index is 1.53. The molecule has 1 aromatic carbocycles. The Hall–Kier alpha value is -1.39. The number of hydrogen-bond acceptors (Lipinski definition) is 4. The second kappa shape index (κ2) is 5.94. The lowest BCUT2D eigenvalue weighted by molar-refractivity contribution is 0.282. The van der Waals surface area contributed by atoms with Gasteiger partial charge in [0.1, 0.15) is 5.75 Å². The van der Waals surface area contributed by atoms with Gasteiger partial charge in [0.25, 0.3) is 0 Å². The van der Waals surface area contributed by atoms with Crippen LogP contribution in [0, 0.1) is 6.92 Å². The van der Waals surface area contributed by atoms with Crippen LogP contribution in [0.3, 0.4) is 0 Å². The molecule has 1 heterocycles. The highest BCUT2D eigenvalue weighted by Gasteiger charge is 2.31. The molecule has 1 aliphatic rings. The maximum absolute atomic E-state index is 5.45. The molecule has 1 aliphatic carbocycles. The van der Waals surface area contributed by atoms with Gasteiger partial charge < -0.3 is 10.1 Å². The zero-order chi connectivity index (χ0) is 13.9. The van der Waals surface area contributed by atoms with Crippen LogP contribution in [0.5, 0.6) is 5.75 Å². The van der Waals surface area contributed by atoms with Crippen LogP contribution in [0.4, 0.5) is 0 Å². The van der Waals surface area contributed by atoms with Crippen LogP contribution in [0.1, 0.15) is 34.9 Å². The first-order valence-electron chi connectivity index (χ1n) is 7.03. The Morgan fingerprint density at radius 1 is 1.35 bits per heavy atom. The van der Waals surface area contributed by atoms with Gasteiger partial charge >= 0.3 is 0 Å². The van der Waals surface area contributed by atoms with Crippen molar-refractivity contribution in [2.75, 3.05) is 7.11 Å². The van der Waals surface area contributed by atoms with Crippen molar-refractivity contribution in [1.82, 2.24) is 10.3 Å². The van der Waals surface area contributed by atoms with E-state index in [0.717, 1.165) is 18.0 Å². The van der Waals surface area contributed by atoms with Gasteiger partial charge in [0.15, 0.2) is 0 Å². The molecule has 0 saturated heterocycles. The van der Waals surface area contributed by atoms with Gasteiger partial charge in [-0.3, -0.25) is 0 Å². The topological polar surface area (TPSA) is 34.1 Å². The predicted octanol–water partition coefficient (Wildman–Crippen LogP) is 3.50. The third-order valence-corrected chi connectivity index (χ3v) is 5.05. The van der Waals surface area contributed by atoms with E-state index in [2.05, 4.69) is 35.4 Å². The summed E-state index contributed by atoms with van der Waals surface area (Å²) in [5.41, 5.74) is 4.43. The van der Waals surface area contributed by atoms with E-state index in [1.54, 1.807) is 18.4 Å². The number of hydrogen-bond donors (Lipinski definition) is 1. The quantitative estimate of drug-likeness (QED) is 0.914. The number of thiazole rings is 1. The second-order valence-corrected chi connectivity index (χ2v) is 6.29. The minimum Gasteiger partial charge on any atom is -0.496 e. The molecule has 0 spiro atoms. The van der Waals surface area contributed by atoms with E-state index in [0.29, 0.717) is 12.0 Å². The number of para-hydroxylation sites is 1. The monoisotopic (exact) mass is 288 g/mol. The zero-order valence-electron chi connectivity index (χ0n) is 11.9. The number of rotatable bonds is 5. The summed E-state index contributed by atoms with van der Waals surface area (Å²) >= 11 is 1.74. The third-order valence-electron chi connectivity index (χ3n) is 4.11. The first-order valence-corrected chi connectivity index (χ1v) is 7.91. The summed E-state index contributed by atoms with van der Waals surface area (Å²) in [7, 11) is 1.75. The van der Waals surface area contributed by atoms with E-state index >= 15 is 0 Å². The largest absolute Gasteiger partial charge is 0.496 e. The SMILES string of the molecule is COc1ccccc1C1CC(NCc2scnc2C)C1. The van der Waals surface area contributed by atoms with Crippen molar-refractivity contribution in [3.8, 4) is 5.75 Å². The number of aryl methyl sites for hydroxylation is 1. The van der Waals surface area contributed by atoms with Crippen LogP contribution < -0.4 is 10.1 Å². The normalized spacial score (nSPS) is 21.5. The Morgan fingerprint density at radius 3 is 2.85 bits per heavy atom. The summed E-state index contributed by atoms with van der Waals surface area (Å²) in [5, 5.41) is 3.63. The summed E-state index contributed by atoms with van der Waals surface area (Å²) < 4.78 is 5.45. The molecular weight excluding hydrogens is 268 g/mol. The summed E-state index contributed by atoms with van der Waals surface area (Å²) in [6.45, 7) is 3.02. The number of nitrogens with zero attached hydrogens (tertiary/aromatic N) is 1. The molecule has 4 heteroatoms. The average Bonchev–Trinajstić information content (AvgIpc) is 2.83. The number of ether oxygens (including phenoxy) is 1. The lowest BCUT2D eigenvalue weighted by Crippen LogP contribution is -2.39. The maximum atomic E-state index is 5.45. The van der Waals surface area contributed by atoms with Crippen molar-refractivity contribution in [2.24, 2.45) is 0 Å². The minimum absolute atomic E-state index is 0.617. The molecule has 2 aromatic rings. The van der Waals surface area contributed by atoms with Gasteiger partial charge in [0, 0.05) is 17.5 Å². The molecule has 0 aliphatic heterocycles. The van der Waals surface area contributed by atoms with Crippen LogP contribution in [0.15, 0.2) is 29.8 Å². The lowest BCUT2D eigenvalue weighted by atomic mass is 9.75. The van der Waals surface area contributed by atoms with Crippen molar-refractivity contribution >= 4 is 11.3 Å². The molecule has 1 fully saturated rings. The van der Waals surface area contributed by atoms with Gasteiger partial charge in [-0.05, 0) is 37.3 Å². The highest BCUT2D eigenvalue weighted by atomic mass is 32.1. The van der Waals surface area contributed by atoms with Crippen molar-refractivity contribution in [3.63, 3.8) is 0 Å². The molecule has 0 bridgehead atoms. The Bertz CT molecular complexity index is 575. The molecular formula is C16H20N2OS. The smallest absolute Gasteiger partial charge is 0.122 e. The molecule has 1 aromatic heterocycles. The van der Waals surface area contributed by atoms with Gasteiger partial charge in [-0.1, -0.05) is 18.2 Å². The third kappa shape index (κ3) is 2.72. The first kappa shape index (κ1) is 13.6. The van der Waals surface area contributed by atoms with Gasteiger partial charge in [0.05, 0.1) is 18.3 Å². The van der Waals surface area contributed by atoms with Crippen LogP contribution in [0.2, 0.25) is 0 Å². The van der Waals surface area contributed by atoms with E-state index in [1.807, 2.05) is 11.6 Å². The average molecular weight is 288 g/mol. The van der Waals surface area contributed by atoms with E-state index in [-0.39, 0.29) is 0 Å². The molecule has 1 N–H and O–H groups in total. The Kier molecular flexibility index (Phi) is 4.03. The first-order chi connectivity index (χ1) is 9.78. The lowest BCUT2D eigenvalue weighted by Gasteiger charge is -2.37. The highest BCUT2D eigenvalue weighted by Crippen LogP contribution is 2.41. The van der Waals surface area contributed by atoms with E-state index < -0.39 is 0 Å². The zero-order valence-corrected chi connectivity index (χ0v) is 12.7. The van der Waals surface area contributed by atoms with Crippen LogP contribution in [0.25, 0.3) is 0 Å². The highest BCUT2D eigenvalue weighted by molar-refractivity contribution is 7.09. The molecule has 0 atom stereocenters. The fraction of sp³-hybridized carbons (Fsp3) is 0.438. The van der Waals surface area contributed by atoms with Crippen LogP contribution >= 0.6 is 11.3 Å². The van der Waals surface area contributed by atoms with Gasteiger partial charge in [-0.25, -0.2) is 4.98 Å². The standard InChI is InChI=1S/C16H20N2OS/c1-11-16(20-10-18-11)9-17-13-7-12(8-13)14-5-3-4-6-15(14)19-2/h3-6,10,12-13,17H,7-9H2,1-2H3. The van der Waals surface area contributed by atoms with Crippen molar-refractivity contribution < 1.29 is 4.74 Å². The number of benzene rings is 1. The predicted molar refractivity (Wildman–Crippen MR) is 82.4 cm³/mol. The van der Waals surface area contributed by atoms with Gasteiger partial charge in [-0.15, -0.1) is 11.3 Å².